The van der Waals surface area contributed by atoms with Crippen molar-refractivity contribution in [2.24, 2.45) is 0 Å². The molecule has 0 aromatic heterocycles. The van der Waals surface area contributed by atoms with Crippen LogP contribution in [0.15, 0.2) is 47.4 Å². The van der Waals surface area contributed by atoms with Crippen LogP contribution >= 0.6 is 24.0 Å². The summed E-state index contributed by atoms with van der Waals surface area (Å²) < 4.78 is 44.0. The summed E-state index contributed by atoms with van der Waals surface area (Å²) in [7, 11) is 0. The molecule has 0 saturated carbocycles. The van der Waals surface area contributed by atoms with Crippen molar-refractivity contribution in [2.45, 2.75) is 6.18 Å². The highest BCUT2D eigenvalue weighted by molar-refractivity contribution is 8.26. The molecule has 32 heavy (non-hydrogen) atoms. The number of carboxylic acids is 1. The molecule has 1 aliphatic heterocycles. The highest BCUT2D eigenvalue weighted by Crippen LogP contribution is 2.38. The average Bonchev–Trinajstić information content (AvgIpc) is 2.94. The second kappa shape index (κ2) is 8.96. The molecule has 3 rings (SSSR count). The van der Waals surface area contributed by atoms with Crippen LogP contribution in [0.1, 0.15) is 11.1 Å². The number of ether oxygens (including phenoxy) is 1. The summed E-state index contributed by atoms with van der Waals surface area (Å²) in [5, 5.41) is 20.1. The monoisotopic (exact) mass is 484 g/mol. The number of carbonyl (C=O) groups excluding carboxylic acids is 1. The van der Waals surface area contributed by atoms with Crippen LogP contribution in [0.2, 0.25) is 0 Å². The first-order valence-corrected chi connectivity index (χ1v) is 9.79. The number of hydrogen-bond donors (Lipinski definition) is 1. The van der Waals surface area contributed by atoms with Crippen LogP contribution in [0.25, 0.3) is 6.08 Å². The fraction of sp³-hybridized carbons (Fsp3) is 0.105. The Balaban J connectivity index is 1.87. The van der Waals surface area contributed by atoms with Crippen molar-refractivity contribution in [1.82, 2.24) is 4.90 Å². The molecule has 2 aromatic rings. The van der Waals surface area contributed by atoms with Gasteiger partial charge in [0, 0.05) is 6.07 Å². The zero-order chi connectivity index (χ0) is 23.6. The van der Waals surface area contributed by atoms with E-state index >= 15 is 0 Å². The van der Waals surface area contributed by atoms with E-state index in [1.807, 2.05) is 0 Å². The van der Waals surface area contributed by atoms with E-state index < -0.39 is 46.5 Å². The lowest BCUT2D eigenvalue weighted by Crippen LogP contribution is -2.33. The molecule has 8 nitrogen and oxygen atoms in total. The first-order valence-electron chi connectivity index (χ1n) is 8.56. The van der Waals surface area contributed by atoms with E-state index in [1.165, 1.54) is 24.3 Å². The molecule has 0 unspecified atom stereocenters. The maximum Gasteiger partial charge on any atom is 0.416 e. The number of amides is 1. The maximum absolute atomic E-state index is 12.8. The lowest BCUT2D eigenvalue weighted by Gasteiger charge is -2.10. The molecule has 0 aliphatic carbocycles. The van der Waals surface area contributed by atoms with Crippen LogP contribution < -0.4 is 4.74 Å². The first kappa shape index (κ1) is 23.2. The molecule has 0 atom stereocenters. The van der Waals surface area contributed by atoms with Gasteiger partial charge in [0.2, 0.25) is 5.75 Å². The molecule has 1 aliphatic rings. The minimum atomic E-state index is -4.75. The Morgan fingerprint density at radius 3 is 2.62 bits per heavy atom. The smallest absolute Gasteiger partial charge is 0.416 e. The lowest BCUT2D eigenvalue weighted by molar-refractivity contribution is -0.385. The summed E-state index contributed by atoms with van der Waals surface area (Å²) in [6.45, 7) is -0.581. The molecule has 0 radical (unpaired) electrons. The van der Waals surface area contributed by atoms with Gasteiger partial charge in [-0.3, -0.25) is 24.6 Å². The quantitative estimate of drug-likeness (QED) is 0.272. The predicted molar refractivity (Wildman–Crippen MR) is 112 cm³/mol. The van der Waals surface area contributed by atoms with Crippen molar-refractivity contribution < 1.29 is 37.5 Å². The number of aliphatic carboxylic acids is 1. The van der Waals surface area contributed by atoms with Gasteiger partial charge in [-0.05, 0) is 35.9 Å². The summed E-state index contributed by atoms with van der Waals surface area (Å²) in [6, 6.07) is 7.82. The van der Waals surface area contributed by atoms with Crippen molar-refractivity contribution in [3.8, 4) is 11.5 Å². The van der Waals surface area contributed by atoms with Crippen LogP contribution in [-0.2, 0) is 15.8 Å². The highest BCUT2D eigenvalue weighted by atomic mass is 32.2. The number of nitro groups is 1. The molecule has 13 heteroatoms. The molecule has 1 heterocycles. The van der Waals surface area contributed by atoms with Crippen molar-refractivity contribution in [3.05, 3.63) is 68.6 Å². The maximum atomic E-state index is 12.8. The molecule has 166 valence electrons. The zero-order valence-corrected chi connectivity index (χ0v) is 17.3. The molecular formula is C19H11F3N2O6S2. The van der Waals surface area contributed by atoms with Gasteiger partial charge in [-0.2, -0.15) is 13.2 Å². The van der Waals surface area contributed by atoms with Gasteiger partial charge in [0.1, 0.15) is 16.6 Å². The molecule has 0 bridgehead atoms. The third kappa shape index (κ3) is 5.23. The van der Waals surface area contributed by atoms with Gasteiger partial charge in [-0.15, -0.1) is 0 Å². The fourth-order valence-corrected chi connectivity index (χ4v) is 3.90. The van der Waals surface area contributed by atoms with Gasteiger partial charge in [-0.25, -0.2) is 0 Å². The lowest BCUT2D eigenvalue weighted by atomic mass is 10.1. The van der Waals surface area contributed by atoms with Crippen LogP contribution in [0.4, 0.5) is 18.9 Å². The summed E-state index contributed by atoms with van der Waals surface area (Å²) in [5.41, 5.74) is -1.62. The molecule has 2 aromatic carbocycles. The molecule has 0 spiro atoms. The molecular weight excluding hydrogens is 473 g/mol. The topological polar surface area (TPSA) is 110 Å². The van der Waals surface area contributed by atoms with Crippen LogP contribution in [-0.4, -0.2) is 37.7 Å². The number of thiocarbonyl (C=S) groups is 1. The summed E-state index contributed by atoms with van der Waals surface area (Å²) in [6.07, 6.45) is -3.33. The SMILES string of the molecule is O=C(O)CN1C(=O)/C(=C/c2cccc(Oc3ccc(C(F)(F)F)cc3[N+](=O)[O-])c2)SC1=S. The molecule has 1 fully saturated rings. The number of hydrogen-bond acceptors (Lipinski definition) is 7. The third-order valence-corrected chi connectivity index (χ3v) is 5.41. The second-order valence-corrected chi connectivity index (χ2v) is 7.95. The van der Waals surface area contributed by atoms with Crippen LogP contribution in [0.3, 0.4) is 0 Å². The van der Waals surface area contributed by atoms with Gasteiger partial charge < -0.3 is 9.84 Å². The number of alkyl halides is 3. The van der Waals surface area contributed by atoms with E-state index in [9.17, 15) is 32.9 Å². The summed E-state index contributed by atoms with van der Waals surface area (Å²) in [4.78, 5) is 34.5. The van der Waals surface area contributed by atoms with E-state index in [2.05, 4.69) is 0 Å². The average molecular weight is 484 g/mol. The number of thioether (sulfide) groups is 1. The molecule has 1 saturated heterocycles. The van der Waals surface area contributed by atoms with E-state index in [0.29, 0.717) is 17.7 Å². The predicted octanol–water partition coefficient (Wildman–Crippen LogP) is 4.69. The first-order chi connectivity index (χ1) is 15.0. The summed E-state index contributed by atoms with van der Waals surface area (Å²) in [5.74, 6) is -2.14. The van der Waals surface area contributed by atoms with Crippen molar-refractivity contribution in [1.29, 1.82) is 0 Å². The summed E-state index contributed by atoms with van der Waals surface area (Å²) >= 11 is 5.92. The van der Waals surface area contributed by atoms with Gasteiger partial charge in [0.05, 0.1) is 15.4 Å². The number of halogens is 3. The third-order valence-electron chi connectivity index (χ3n) is 4.03. The zero-order valence-electron chi connectivity index (χ0n) is 15.7. The van der Waals surface area contributed by atoms with E-state index in [4.69, 9.17) is 22.1 Å². The number of benzene rings is 2. The van der Waals surface area contributed by atoms with Gasteiger partial charge >= 0.3 is 17.8 Å². The normalized spacial score (nSPS) is 15.3. The Hall–Kier alpha value is -3.45. The van der Waals surface area contributed by atoms with Gasteiger partial charge in [0.15, 0.2) is 0 Å². The Morgan fingerprint density at radius 2 is 2.00 bits per heavy atom. The Kier molecular flexibility index (Phi) is 6.50. The Bertz CT molecular complexity index is 1170. The number of carboxylic acid groups (broad SMARTS) is 1. The second-order valence-electron chi connectivity index (χ2n) is 6.27. The van der Waals surface area contributed by atoms with Crippen molar-refractivity contribution in [2.75, 3.05) is 6.54 Å². The fourth-order valence-electron chi connectivity index (χ4n) is 2.64. The van der Waals surface area contributed by atoms with E-state index in [0.717, 1.165) is 22.7 Å². The standard InChI is InChI=1S/C19H11F3N2O6S2/c20-19(21,22)11-4-5-14(13(8-11)24(28)29)30-12-3-1-2-10(6-12)7-15-17(27)23(9-16(25)26)18(31)32-15/h1-8H,9H2,(H,25,26)/b15-7-. The number of nitrogens with zero attached hydrogens (tertiary/aromatic N) is 2. The van der Waals surface area contributed by atoms with Crippen molar-refractivity contribution in [3.63, 3.8) is 0 Å². The highest BCUT2D eigenvalue weighted by Gasteiger charge is 2.34. The number of rotatable bonds is 6. The largest absolute Gasteiger partial charge is 0.480 e. The van der Waals surface area contributed by atoms with Crippen LogP contribution in [0, 0.1) is 10.1 Å². The van der Waals surface area contributed by atoms with Gasteiger partial charge in [0.25, 0.3) is 5.91 Å². The van der Waals surface area contributed by atoms with Gasteiger partial charge in [-0.1, -0.05) is 36.1 Å². The minimum Gasteiger partial charge on any atom is -0.480 e. The van der Waals surface area contributed by atoms with Crippen molar-refractivity contribution >= 4 is 51.9 Å². The Morgan fingerprint density at radius 1 is 1.28 bits per heavy atom. The van der Waals surface area contributed by atoms with E-state index in [1.54, 1.807) is 6.07 Å². The van der Waals surface area contributed by atoms with Crippen LogP contribution in [0.5, 0.6) is 11.5 Å². The van der Waals surface area contributed by atoms with E-state index in [-0.39, 0.29) is 15.0 Å². The molecule has 1 amide bonds. The molecule has 1 N–H and O–H groups in total. The Labute approximate surface area is 187 Å². The number of carbonyl (C=O) groups is 2. The number of nitro benzene ring substituents is 1. The minimum absolute atomic E-state index is 0.0719.